The summed E-state index contributed by atoms with van der Waals surface area (Å²) in [5.41, 5.74) is 8.43. The molecule has 1 aromatic heterocycles. The molecule has 1 aliphatic carbocycles. The number of piperidine rings is 1. The number of aromatic amines is 1. The number of hydrazine groups is 1. The number of amides is 1. The van der Waals surface area contributed by atoms with Crippen molar-refractivity contribution in [2.24, 2.45) is 22.7 Å². The number of benzene rings is 2. The Morgan fingerprint density at radius 1 is 1.29 bits per heavy atom. The van der Waals surface area contributed by atoms with Gasteiger partial charge in [-0.3, -0.25) is 4.79 Å². The molecule has 1 amide bonds. The molecule has 2 bridgehead atoms. The zero-order valence-electron chi connectivity index (χ0n) is 17.7. The molecular weight excluding hydrogens is 390 g/mol. The summed E-state index contributed by atoms with van der Waals surface area (Å²) in [6.07, 6.45) is 3.38. The van der Waals surface area contributed by atoms with E-state index in [1.165, 1.54) is 11.1 Å². The van der Waals surface area contributed by atoms with Crippen LogP contribution in [0.5, 0.6) is 0 Å². The van der Waals surface area contributed by atoms with E-state index >= 15 is 0 Å². The number of rotatable bonds is 2. The number of carbonyl (C=O) groups is 1. The molecule has 0 radical (unpaired) electrons. The van der Waals surface area contributed by atoms with Crippen LogP contribution in [0.2, 0.25) is 0 Å². The molecule has 0 spiro atoms. The van der Waals surface area contributed by atoms with Gasteiger partial charge in [0.05, 0.1) is 17.4 Å². The van der Waals surface area contributed by atoms with Gasteiger partial charge in [-0.2, -0.15) is 5.10 Å². The lowest BCUT2D eigenvalue weighted by Gasteiger charge is -2.54. The first kappa shape index (κ1) is 19.6. The summed E-state index contributed by atoms with van der Waals surface area (Å²) >= 11 is 0. The summed E-state index contributed by atoms with van der Waals surface area (Å²) < 4.78 is 0. The predicted octanol–water partition coefficient (Wildman–Crippen LogP) is 2.01. The Bertz CT molecular complexity index is 1200. The number of likely N-dealkylation sites (tertiary alicyclic amines) is 1. The minimum Gasteiger partial charge on any atom is -0.345 e. The van der Waals surface area contributed by atoms with Crippen LogP contribution < -0.4 is 17.1 Å². The van der Waals surface area contributed by atoms with Crippen LogP contribution in [0, 0.1) is 5.92 Å². The third-order valence-electron chi connectivity index (χ3n) is 7.48. The molecule has 1 aliphatic heterocycles. The van der Waals surface area contributed by atoms with E-state index < -0.39 is 0 Å². The lowest BCUT2D eigenvalue weighted by atomic mass is 9.58. The highest BCUT2D eigenvalue weighted by molar-refractivity contribution is 5.99. The third kappa shape index (κ3) is 2.90. The molecule has 160 valence electrons. The van der Waals surface area contributed by atoms with Crippen molar-refractivity contribution in [1.29, 1.82) is 0 Å². The van der Waals surface area contributed by atoms with Gasteiger partial charge in [0, 0.05) is 23.7 Å². The van der Waals surface area contributed by atoms with Gasteiger partial charge in [0.25, 0.3) is 5.91 Å². The number of nitrogens with two attached hydrogens (primary N) is 2. The topological polar surface area (TPSA) is 125 Å². The normalized spacial score (nSPS) is 25.4. The number of nitrogens with zero attached hydrogens (tertiary/aromatic N) is 3. The molecule has 6 N–H and O–H groups in total. The Labute approximate surface area is 180 Å². The number of hydrogen-bond acceptors (Lipinski definition) is 5. The lowest BCUT2D eigenvalue weighted by Crippen LogP contribution is -2.59. The van der Waals surface area contributed by atoms with Gasteiger partial charge in [0.2, 0.25) is 0 Å². The molecule has 31 heavy (non-hydrogen) atoms. The Morgan fingerprint density at radius 2 is 2.10 bits per heavy atom. The molecule has 8 nitrogen and oxygen atoms in total. The summed E-state index contributed by atoms with van der Waals surface area (Å²) in [5.74, 6) is 11.9. The van der Waals surface area contributed by atoms with E-state index in [1.807, 2.05) is 24.3 Å². The molecule has 3 aromatic rings. The van der Waals surface area contributed by atoms with Gasteiger partial charge in [-0.15, -0.1) is 0 Å². The van der Waals surface area contributed by atoms with E-state index in [2.05, 4.69) is 51.4 Å². The van der Waals surface area contributed by atoms with Crippen LogP contribution in [0.25, 0.3) is 11.0 Å². The Hall–Kier alpha value is -3.39. The van der Waals surface area contributed by atoms with E-state index in [0.717, 1.165) is 36.0 Å². The van der Waals surface area contributed by atoms with Gasteiger partial charge >= 0.3 is 0 Å². The maximum atomic E-state index is 13.5. The molecule has 2 heterocycles. The minimum absolute atomic E-state index is 0.0350. The van der Waals surface area contributed by atoms with Crippen molar-refractivity contribution in [2.45, 2.75) is 38.1 Å². The molecule has 2 unspecified atom stereocenters. The van der Waals surface area contributed by atoms with E-state index in [4.69, 9.17) is 11.7 Å². The van der Waals surface area contributed by atoms with Gasteiger partial charge in [-0.05, 0) is 59.6 Å². The second kappa shape index (κ2) is 7.09. The lowest BCUT2D eigenvalue weighted by molar-refractivity contribution is 0.0250. The van der Waals surface area contributed by atoms with Crippen LogP contribution in [0.4, 0.5) is 0 Å². The fourth-order valence-electron chi connectivity index (χ4n) is 5.45. The highest BCUT2D eigenvalue weighted by Gasteiger charge is 2.49. The van der Waals surface area contributed by atoms with Crippen LogP contribution in [0.3, 0.4) is 0 Å². The highest BCUT2D eigenvalue weighted by atomic mass is 16.2. The van der Waals surface area contributed by atoms with E-state index in [0.29, 0.717) is 17.3 Å². The minimum atomic E-state index is -0.0350. The van der Waals surface area contributed by atoms with Crippen molar-refractivity contribution < 1.29 is 4.79 Å². The molecule has 2 aromatic carbocycles. The van der Waals surface area contributed by atoms with E-state index in [1.54, 1.807) is 6.33 Å². The number of nitrogens with one attached hydrogen (secondary N) is 2. The van der Waals surface area contributed by atoms with Gasteiger partial charge < -0.3 is 21.2 Å². The monoisotopic (exact) mass is 417 g/mol. The van der Waals surface area contributed by atoms with Gasteiger partial charge in [-0.1, -0.05) is 26.0 Å². The van der Waals surface area contributed by atoms with Gasteiger partial charge in [-0.25, -0.2) is 10.8 Å². The van der Waals surface area contributed by atoms with Crippen molar-refractivity contribution in [3.05, 3.63) is 65.0 Å². The summed E-state index contributed by atoms with van der Waals surface area (Å²) in [7, 11) is 0. The summed E-state index contributed by atoms with van der Waals surface area (Å²) in [6.45, 7) is 5.29. The maximum Gasteiger partial charge on any atom is 0.254 e. The molecule has 5 rings (SSSR count). The molecule has 8 heteroatoms. The number of imidazole rings is 1. The number of hydrazone groups is 1. The van der Waals surface area contributed by atoms with E-state index in [-0.39, 0.29) is 17.4 Å². The Balaban J connectivity index is 1.50. The predicted molar refractivity (Wildman–Crippen MR) is 120 cm³/mol. The average Bonchev–Trinajstić information content (AvgIpc) is 3.25. The molecule has 1 fully saturated rings. The standard InChI is InChI=1S/C23H27N7O/c1-13-20-11-14-3-4-15(21(28-24)29-25)9-17(14)23(13,2)7-8-30(20)22(31)16-5-6-18-19(10-16)27-12-26-18/h3-6,9-10,12-13,20H,7-8,11,24-25H2,1-2H3,(H,26,27)(H,28,29)/t13?,20?,23-/m1/s1. The van der Waals surface area contributed by atoms with Gasteiger partial charge in [0.15, 0.2) is 5.84 Å². The first-order valence-electron chi connectivity index (χ1n) is 10.6. The zero-order valence-corrected chi connectivity index (χ0v) is 17.7. The van der Waals surface area contributed by atoms with Gasteiger partial charge in [0.1, 0.15) is 0 Å². The quantitative estimate of drug-likeness (QED) is 0.220. The van der Waals surface area contributed by atoms with Crippen LogP contribution >= 0.6 is 0 Å². The zero-order chi connectivity index (χ0) is 21.8. The van der Waals surface area contributed by atoms with Crippen molar-refractivity contribution >= 4 is 22.8 Å². The fraction of sp³-hybridized carbons (Fsp3) is 0.348. The first-order chi connectivity index (χ1) is 15.0. The first-order valence-corrected chi connectivity index (χ1v) is 10.6. The Kier molecular flexibility index (Phi) is 4.48. The summed E-state index contributed by atoms with van der Waals surface area (Å²) in [4.78, 5) is 22.9. The number of carbonyl (C=O) groups excluding carboxylic acids is 1. The number of H-pyrrole nitrogens is 1. The van der Waals surface area contributed by atoms with Crippen molar-refractivity contribution in [3.63, 3.8) is 0 Å². The largest absolute Gasteiger partial charge is 0.345 e. The number of fused-ring (bicyclic) bond motifs is 5. The Morgan fingerprint density at radius 3 is 2.87 bits per heavy atom. The number of amidine groups is 1. The molecule has 0 saturated carbocycles. The maximum absolute atomic E-state index is 13.5. The van der Waals surface area contributed by atoms with Crippen LogP contribution in [0.1, 0.15) is 47.3 Å². The van der Waals surface area contributed by atoms with Crippen molar-refractivity contribution in [1.82, 2.24) is 20.3 Å². The second-order valence-corrected chi connectivity index (χ2v) is 8.85. The number of aromatic nitrogens is 2. The highest BCUT2D eigenvalue weighted by Crippen LogP contribution is 2.49. The summed E-state index contributed by atoms with van der Waals surface area (Å²) in [5, 5.41) is 3.75. The SMILES string of the molecule is CC1C2Cc3ccc(/C(=N/N)NN)cc3[C@]1(C)CCN2C(=O)c1ccc2nc[nH]c2c1. The van der Waals surface area contributed by atoms with Crippen molar-refractivity contribution in [3.8, 4) is 0 Å². The molecule has 2 aliphatic rings. The fourth-order valence-corrected chi connectivity index (χ4v) is 5.45. The van der Waals surface area contributed by atoms with Crippen LogP contribution in [-0.2, 0) is 11.8 Å². The van der Waals surface area contributed by atoms with Crippen LogP contribution in [0.15, 0.2) is 47.8 Å². The van der Waals surface area contributed by atoms with Crippen LogP contribution in [-0.4, -0.2) is 39.2 Å². The molecule has 1 saturated heterocycles. The molecular formula is C23H27N7O. The van der Waals surface area contributed by atoms with E-state index in [9.17, 15) is 4.79 Å². The second-order valence-electron chi connectivity index (χ2n) is 8.85. The van der Waals surface area contributed by atoms with Crippen molar-refractivity contribution in [2.75, 3.05) is 6.54 Å². The molecule has 3 atom stereocenters. The summed E-state index contributed by atoms with van der Waals surface area (Å²) in [6, 6.07) is 12.1. The third-order valence-corrected chi connectivity index (χ3v) is 7.48. The average molecular weight is 418 g/mol. The number of hydrogen-bond donors (Lipinski definition) is 4. The smallest absolute Gasteiger partial charge is 0.254 e.